The van der Waals surface area contributed by atoms with Gasteiger partial charge in [0.1, 0.15) is 19.5 Å². The van der Waals surface area contributed by atoms with Crippen molar-refractivity contribution < 1.29 is 18.2 Å². The van der Waals surface area contributed by atoms with Gasteiger partial charge in [0, 0.05) is 12.1 Å². The maximum atomic E-state index is 13.6. The number of amidine groups is 1. The van der Waals surface area contributed by atoms with E-state index in [0.29, 0.717) is 16.7 Å². The first-order chi connectivity index (χ1) is 13.4. The van der Waals surface area contributed by atoms with Crippen molar-refractivity contribution in [2.75, 3.05) is 10.6 Å². The molecular formula is C18H16BF2N5O2. The second-order valence-corrected chi connectivity index (χ2v) is 6.06. The predicted octanol–water partition coefficient (Wildman–Crippen LogP) is 1.61. The van der Waals surface area contributed by atoms with E-state index >= 15 is 0 Å². The Hall–Kier alpha value is -3.56. The van der Waals surface area contributed by atoms with Crippen LogP contribution in [0, 0.1) is 17.0 Å². The van der Waals surface area contributed by atoms with Crippen LogP contribution in [0.4, 0.5) is 20.3 Å². The molecule has 2 aromatic carbocycles. The Bertz CT molecular complexity index is 1020. The number of aromatic nitrogens is 2. The summed E-state index contributed by atoms with van der Waals surface area (Å²) in [5.41, 5.74) is 1.31. The first-order valence-corrected chi connectivity index (χ1v) is 8.42. The number of carbonyl (C=O) groups excluding carboxylic acids is 1. The SMILES string of the molecule is Bc1cc(NC(=N)c2nonc2NC(=O)CCc2ccccc2F)ccc1F. The van der Waals surface area contributed by atoms with Gasteiger partial charge in [-0.3, -0.25) is 10.2 Å². The lowest BCUT2D eigenvalue weighted by Crippen LogP contribution is -2.19. The van der Waals surface area contributed by atoms with Gasteiger partial charge < -0.3 is 10.6 Å². The number of nitrogens with zero attached hydrogens (tertiary/aromatic N) is 2. The molecule has 142 valence electrons. The second kappa shape index (κ2) is 8.42. The van der Waals surface area contributed by atoms with Crippen LogP contribution in [0.25, 0.3) is 0 Å². The number of nitrogens with one attached hydrogen (secondary N) is 3. The number of aryl methyl sites for hydroxylation is 1. The molecule has 3 rings (SSSR count). The number of halogens is 2. The zero-order chi connectivity index (χ0) is 20.1. The van der Waals surface area contributed by atoms with Crippen LogP contribution < -0.4 is 16.1 Å². The van der Waals surface area contributed by atoms with E-state index < -0.39 is 5.91 Å². The van der Waals surface area contributed by atoms with Gasteiger partial charge in [0.2, 0.25) is 11.7 Å². The highest BCUT2D eigenvalue weighted by molar-refractivity contribution is 6.32. The molecule has 0 bridgehead atoms. The molecule has 28 heavy (non-hydrogen) atoms. The molecule has 0 aliphatic carbocycles. The zero-order valence-corrected chi connectivity index (χ0v) is 14.9. The third-order valence-corrected chi connectivity index (χ3v) is 3.99. The van der Waals surface area contributed by atoms with Crippen LogP contribution in [0.2, 0.25) is 0 Å². The fourth-order valence-corrected chi connectivity index (χ4v) is 2.50. The highest BCUT2D eigenvalue weighted by Gasteiger charge is 2.18. The molecular weight excluding hydrogens is 367 g/mol. The molecule has 0 spiro atoms. The van der Waals surface area contributed by atoms with Crippen molar-refractivity contribution in [3.8, 4) is 0 Å². The molecule has 3 N–H and O–H groups in total. The minimum absolute atomic E-state index is 0.0128. The number of rotatable bonds is 6. The Labute approximate surface area is 160 Å². The predicted molar refractivity (Wildman–Crippen MR) is 103 cm³/mol. The van der Waals surface area contributed by atoms with E-state index in [2.05, 4.69) is 25.6 Å². The Morgan fingerprint density at radius 3 is 2.64 bits per heavy atom. The molecule has 0 saturated heterocycles. The lowest BCUT2D eigenvalue weighted by Gasteiger charge is -2.08. The van der Waals surface area contributed by atoms with Crippen LogP contribution in [0.5, 0.6) is 0 Å². The summed E-state index contributed by atoms with van der Waals surface area (Å²) in [7, 11) is 1.60. The molecule has 1 amide bonds. The molecule has 0 atom stereocenters. The van der Waals surface area contributed by atoms with Crippen LogP contribution >= 0.6 is 0 Å². The summed E-state index contributed by atoms with van der Waals surface area (Å²) < 4.78 is 31.6. The standard InChI is InChI=1S/C18H16BF2N5O2/c19-12-9-11(6-7-14(12)21)23-17(22)16-18(26-28-25-16)24-15(27)8-5-10-3-1-2-4-13(10)20/h1-4,6-7,9H,5,8,19H2,(H2,22,23)(H,24,26,27). The maximum Gasteiger partial charge on any atom is 0.226 e. The quantitative estimate of drug-likeness (QED) is 0.341. The topological polar surface area (TPSA) is 104 Å². The molecule has 1 aromatic heterocycles. The Morgan fingerprint density at radius 2 is 1.89 bits per heavy atom. The fourth-order valence-electron chi connectivity index (χ4n) is 2.50. The van der Waals surface area contributed by atoms with E-state index in [1.54, 1.807) is 26.0 Å². The van der Waals surface area contributed by atoms with E-state index in [1.165, 1.54) is 24.3 Å². The lowest BCUT2D eigenvalue weighted by atomic mass is 9.95. The van der Waals surface area contributed by atoms with E-state index in [0.717, 1.165) is 0 Å². The summed E-state index contributed by atoms with van der Waals surface area (Å²) in [6.45, 7) is 0. The van der Waals surface area contributed by atoms with Crippen molar-refractivity contribution in [1.29, 1.82) is 5.41 Å². The van der Waals surface area contributed by atoms with Crippen LogP contribution in [-0.4, -0.2) is 29.9 Å². The minimum atomic E-state index is -0.425. The van der Waals surface area contributed by atoms with Crippen LogP contribution in [0.1, 0.15) is 17.7 Å². The number of carbonyl (C=O) groups is 1. The summed E-state index contributed by atoms with van der Waals surface area (Å²) >= 11 is 0. The molecule has 0 aliphatic rings. The van der Waals surface area contributed by atoms with Gasteiger partial charge in [-0.25, -0.2) is 13.4 Å². The molecule has 0 aliphatic heterocycles. The monoisotopic (exact) mass is 383 g/mol. The highest BCUT2D eigenvalue weighted by atomic mass is 19.1. The summed E-state index contributed by atoms with van der Waals surface area (Å²) in [5.74, 6) is -1.38. The molecule has 0 unspecified atom stereocenters. The van der Waals surface area contributed by atoms with Crippen LogP contribution in [0.3, 0.4) is 0 Å². The maximum absolute atomic E-state index is 13.6. The average Bonchev–Trinajstić information content (AvgIpc) is 3.12. The van der Waals surface area contributed by atoms with E-state index in [4.69, 9.17) is 5.41 Å². The third-order valence-electron chi connectivity index (χ3n) is 3.99. The molecule has 0 fully saturated rings. The molecule has 3 aromatic rings. The minimum Gasteiger partial charge on any atom is -0.339 e. The smallest absolute Gasteiger partial charge is 0.226 e. The van der Waals surface area contributed by atoms with Crippen LogP contribution in [0.15, 0.2) is 47.1 Å². The van der Waals surface area contributed by atoms with Gasteiger partial charge in [0.15, 0.2) is 11.5 Å². The number of amides is 1. The summed E-state index contributed by atoms with van der Waals surface area (Å²) in [5, 5.41) is 20.5. The number of benzene rings is 2. The van der Waals surface area contributed by atoms with Crippen molar-refractivity contribution in [2.24, 2.45) is 0 Å². The molecule has 7 nitrogen and oxygen atoms in total. The summed E-state index contributed by atoms with van der Waals surface area (Å²) in [6.07, 6.45) is 0.231. The first-order valence-electron chi connectivity index (χ1n) is 8.42. The van der Waals surface area contributed by atoms with Crippen molar-refractivity contribution in [1.82, 2.24) is 10.3 Å². The van der Waals surface area contributed by atoms with Crippen molar-refractivity contribution in [3.63, 3.8) is 0 Å². The van der Waals surface area contributed by atoms with Gasteiger partial charge in [-0.2, -0.15) is 0 Å². The normalized spacial score (nSPS) is 10.5. The Balaban J connectivity index is 1.62. The van der Waals surface area contributed by atoms with Gasteiger partial charge in [0.05, 0.1) is 0 Å². The van der Waals surface area contributed by atoms with Gasteiger partial charge in [-0.15, -0.1) is 0 Å². The van der Waals surface area contributed by atoms with Gasteiger partial charge in [-0.1, -0.05) is 23.7 Å². The molecule has 0 saturated carbocycles. The molecule has 10 heteroatoms. The Morgan fingerprint density at radius 1 is 1.11 bits per heavy atom. The number of hydrogen-bond donors (Lipinski definition) is 3. The molecule has 1 heterocycles. The average molecular weight is 383 g/mol. The zero-order valence-electron chi connectivity index (χ0n) is 14.9. The van der Waals surface area contributed by atoms with Crippen molar-refractivity contribution >= 4 is 36.6 Å². The summed E-state index contributed by atoms with van der Waals surface area (Å²) in [4.78, 5) is 12.1. The fraction of sp³-hybridized carbons (Fsp3) is 0.111. The van der Waals surface area contributed by atoms with Crippen molar-refractivity contribution in [3.05, 3.63) is 65.4 Å². The number of anilines is 2. The Kier molecular flexibility index (Phi) is 5.78. The van der Waals surface area contributed by atoms with E-state index in [-0.39, 0.29) is 41.8 Å². The second-order valence-electron chi connectivity index (χ2n) is 6.06. The molecule has 0 radical (unpaired) electrons. The van der Waals surface area contributed by atoms with Crippen molar-refractivity contribution in [2.45, 2.75) is 12.8 Å². The van der Waals surface area contributed by atoms with E-state index in [9.17, 15) is 13.6 Å². The van der Waals surface area contributed by atoms with Gasteiger partial charge >= 0.3 is 0 Å². The lowest BCUT2D eigenvalue weighted by molar-refractivity contribution is -0.116. The van der Waals surface area contributed by atoms with Gasteiger partial charge in [-0.05, 0) is 46.6 Å². The van der Waals surface area contributed by atoms with Gasteiger partial charge in [0.25, 0.3) is 0 Å². The summed E-state index contributed by atoms with van der Waals surface area (Å²) in [6, 6.07) is 10.5. The van der Waals surface area contributed by atoms with Crippen LogP contribution in [-0.2, 0) is 11.2 Å². The highest BCUT2D eigenvalue weighted by Crippen LogP contribution is 2.15. The third kappa shape index (κ3) is 4.59. The first kappa shape index (κ1) is 19.2. The number of hydrogen-bond acceptors (Lipinski definition) is 5. The van der Waals surface area contributed by atoms with E-state index in [1.807, 2.05) is 0 Å². The largest absolute Gasteiger partial charge is 0.339 e.